The molecule has 7 rings (SSSR count). The molecule has 15 heteroatoms. The van der Waals surface area contributed by atoms with Crippen LogP contribution >= 0.6 is 0 Å². The fourth-order valence-corrected chi connectivity index (χ4v) is 6.48. The summed E-state index contributed by atoms with van der Waals surface area (Å²) < 4.78 is 53.1. The first-order valence-electron chi connectivity index (χ1n) is 19.3. The van der Waals surface area contributed by atoms with Crippen LogP contribution in [-0.2, 0) is 28.5 Å². The van der Waals surface area contributed by atoms with E-state index < -0.39 is 78.5 Å². The molecule has 316 valence electrons. The van der Waals surface area contributed by atoms with Crippen LogP contribution in [0.3, 0.4) is 0 Å². The minimum absolute atomic E-state index is 0.0259. The summed E-state index contributed by atoms with van der Waals surface area (Å²) in [6.07, 6.45) is -8.11. The lowest BCUT2D eigenvalue weighted by Gasteiger charge is -2.44. The Bertz CT molecular complexity index is 2600. The number of fused-ring (bicyclic) bond motifs is 1. The van der Waals surface area contributed by atoms with Gasteiger partial charge in [0.25, 0.3) is 5.75 Å². The van der Waals surface area contributed by atoms with Gasteiger partial charge in [0, 0.05) is 13.0 Å². The van der Waals surface area contributed by atoms with Gasteiger partial charge in [-0.1, -0.05) is 72.8 Å². The molecule has 15 nitrogen and oxygen atoms in total. The molecule has 2 heterocycles. The highest BCUT2D eigenvalue weighted by Gasteiger charge is 2.54. The fourth-order valence-electron chi connectivity index (χ4n) is 6.48. The molecule has 0 radical (unpaired) electrons. The van der Waals surface area contributed by atoms with Gasteiger partial charge >= 0.3 is 35.5 Å². The van der Waals surface area contributed by atoms with Crippen molar-refractivity contribution < 1.29 is 66.3 Å². The molecule has 62 heavy (non-hydrogen) atoms. The minimum Gasteiger partial charge on any atom is -0.489 e. The Morgan fingerprint density at radius 1 is 0.581 bits per heavy atom. The summed E-state index contributed by atoms with van der Waals surface area (Å²) in [5.41, 5.74) is -0.540. The van der Waals surface area contributed by atoms with Crippen LogP contribution < -0.4 is 19.8 Å². The smallest absolute Gasteiger partial charge is 0.383 e. The summed E-state index contributed by atoms with van der Waals surface area (Å²) in [5.74, 6) is -4.70. The van der Waals surface area contributed by atoms with Crippen LogP contribution in [0.2, 0.25) is 0 Å². The number of hydrogen-bond acceptors (Lipinski definition) is 15. The second-order valence-corrected chi connectivity index (χ2v) is 13.6. The molecular formula is C47H38O15. The summed E-state index contributed by atoms with van der Waals surface area (Å²) in [6, 6.07) is 36.1. The molecule has 6 aromatic rings. The average Bonchev–Trinajstić information content (AvgIpc) is 3.29. The topological polar surface area (TPSA) is 189 Å². The molecular weight excluding hydrogens is 805 g/mol. The van der Waals surface area contributed by atoms with Gasteiger partial charge in [-0.2, -0.15) is 0 Å². The average molecular weight is 843 g/mol. The number of ether oxygens (including phenoxy) is 8. The predicted octanol–water partition coefficient (Wildman–Crippen LogP) is 6.75. The first-order valence-corrected chi connectivity index (χ1v) is 19.3. The van der Waals surface area contributed by atoms with E-state index in [1.54, 1.807) is 79.7 Å². The highest BCUT2D eigenvalue weighted by molar-refractivity contribution is 5.92. The Kier molecular flexibility index (Phi) is 13.3. The Hall–Kier alpha value is -7.78. The van der Waals surface area contributed by atoms with E-state index in [0.29, 0.717) is 0 Å². The standard InChI is InChI=1S/C47H38O15/c1-3-54-37-34-25-24-33(26-35(34)58-46(53)40(37)56-28(2)48)57-47-41(62-45(52)32-22-14-7-15-23-32)39(61-44(51)31-20-12-6-13-21-31)38(60-43(50)30-18-10-5-11-19-30)36(59-47)27-55-42(49)29-16-8-4-9-17-29/h4-26,36,38-39,41,47H,3,27H2,1-2H3/t36-,38+,39+,41-,47-/m1/s1. The summed E-state index contributed by atoms with van der Waals surface area (Å²) in [6.45, 7) is 2.31. The van der Waals surface area contributed by atoms with Crippen LogP contribution in [0.5, 0.6) is 17.2 Å². The Labute approximate surface area is 353 Å². The summed E-state index contributed by atoms with van der Waals surface area (Å²) >= 11 is 0. The third-order valence-corrected chi connectivity index (χ3v) is 9.32. The van der Waals surface area contributed by atoms with Crippen LogP contribution in [0, 0.1) is 0 Å². The summed E-state index contributed by atoms with van der Waals surface area (Å²) in [4.78, 5) is 79.8. The van der Waals surface area contributed by atoms with Crippen LogP contribution in [0.25, 0.3) is 11.0 Å². The molecule has 0 unspecified atom stereocenters. The fraction of sp³-hybridized carbons (Fsp3) is 0.191. The van der Waals surface area contributed by atoms with Crippen molar-refractivity contribution in [1.82, 2.24) is 0 Å². The van der Waals surface area contributed by atoms with Gasteiger partial charge in [0.15, 0.2) is 18.0 Å². The third-order valence-electron chi connectivity index (χ3n) is 9.32. The zero-order valence-corrected chi connectivity index (χ0v) is 33.2. The van der Waals surface area contributed by atoms with E-state index in [0.717, 1.165) is 6.92 Å². The largest absolute Gasteiger partial charge is 0.489 e. The molecule has 1 aliphatic rings. The van der Waals surface area contributed by atoms with Crippen molar-refractivity contribution in [3.8, 4) is 17.2 Å². The lowest BCUT2D eigenvalue weighted by atomic mass is 9.97. The number of rotatable bonds is 14. The molecule has 1 fully saturated rings. The minimum atomic E-state index is -1.70. The second-order valence-electron chi connectivity index (χ2n) is 13.6. The number of esters is 5. The van der Waals surface area contributed by atoms with E-state index >= 15 is 0 Å². The van der Waals surface area contributed by atoms with E-state index in [1.165, 1.54) is 66.7 Å². The van der Waals surface area contributed by atoms with Crippen LogP contribution in [0.1, 0.15) is 55.3 Å². The molecule has 0 amide bonds. The molecule has 1 saturated heterocycles. The number of hydrogen-bond donors (Lipinski definition) is 0. The lowest BCUT2D eigenvalue weighted by molar-refractivity contribution is -0.275. The Morgan fingerprint density at radius 2 is 1.06 bits per heavy atom. The van der Waals surface area contributed by atoms with Crippen molar-refractivity contribution in [1.29, 1.82) is 0 Å². The van der Waals surface area contributed by atoms with Gasteiger partial charge in [0.1, 0.15) is 24.0 Å². The summed E-state index contributed by atoms with van der Waals surface area (Å²) in [5, 5.41) is 0.236. The van der Waals surface area contributed by atoms with E-state index in [4.69, 9.17) is 42.3 Å². The second kappa shape index (κ2) is 19.5. The van der Waals surface area contributed by atoms with Crippen LogP contribution in [0.15, 0.2) is 149 Å². The van der Waals surface area contributed by atoms with Crippen molar-refractivity contribution in [2.24, 2.45) is 0 Å². The zero-order valence-electron chi connectivity index (χ0n) is 33.2. The molecule has 0 N–H and O–H groups in total. The molecule has 0 saturated carbocycles. The normalized spacial score (nSPS) is 18.1. The molecule has 0 aliphatic carbocycles. The van der Waals surface area contributed by atoms with E-state index in [9.17, 15) is 28.8 Å². The van der Waals surface area contributed by atoms with Crippen molar-refractivity contribution in [3.05, 3.63) is 172 Å². The van der Waals surface area contributed by atoms with Gasteiger partial charge in [-0.3, -0.25) is 4.79 Å². The monoisotopic (exact) mass is 842 g/mol. The van der Waals surface area contributed by atoms with E-state index in [-0.39, 0.29) is 51.3 Å². The molecule has 1 aliphatic heterocycles. The molecule has 1 aromatic heterocycles. The first kappa shape index (κ1) is 42.3. The molecule has 5 atom stereocenters. The van der Waals surface area contributed by atoms with Crippen LogP contribution in [0.4, 0.5) is 0 Å². The van der Waals surface area contributed by atoms with Gasteiger partial charge in [-0.05, 0) is 67.6 Å². The number of carbonyl (C=O) groups excluding carboxylic acids is 5. The van der Waals surface area contributed by atoms with Crippen molar-refractivity contribution in [3.63, 3.8) is 0 Å². The van der Waals surface area contributed by atoms with Crippen LogP contribution in [-0.4, -0.2) is 73.8 Å². The quantitative estimate of drug-likeness (QED) is 0.0635. The Balaban J connectivity index is 1.33. The zero-order chi connectivity index (χ0) is 43.6. The summed E-state index contributed by atoms with van der Waals surface area (Å²) in [7, 11) is 0. The van der Waals surface area contributed by atoms with Crippen molar-refractivity contribution >= 4 is 40.8 Å². The van der Waals surface area contributed by atoms with Crippen molar-refractivity contribution in [2.45, 2.75) is 44.6 Å². The highest BCUT2D eigenvalue weighted by atomic mass is 16.7. The number of benzene rings is 5. The Morgan fingerprint density at radius 3 is 1.56 bits per heavy atom. The predicted molar refractivity (Wildman–Crippen MR) is 218 cm³/mol. The first-order chi connectivity index (χ1) is 30.1. The highest BCUT2D eigenvalue weighted by Crippen LogP contribution is 2.37. The lowest BCUT2D eigenvalue weighted by Crippen LogP contribution is -2.63. The third kappa shape index (κ3) is 9.97. The SMILES string of the molecule is CCOc1c(OC(C)=O)c(=O)oc2cc(O[C@@H]3O[C@H](COC(=O)c4ccccc4)[C@H](OC(=O)c4ccccc4)[C@H](OC(=O)c4ccccc4)[C@H]3OC(=O)c3ccccc3)ccc12. The van der Waals surface area contributed by atoms with Crippen molar-refractivity contribution in [2.75, 3.05) is 13.2 Å². The van der Waals surface area contributed by atoms with Gasteiger partial charge in [0.05, 0.1) is 34.2 Å². The van der Waals surface area contributed by atoms with Gasteiger partial charge in [-0.25, -0.2) is 24.0 Å². The molecule has 0 bridgehead atoms. The molecule has 5 aromatic carbocycles. The van der Waals surface area contributed by atoms with E-state index in [1.807, 2.05) is 0 Å². The van der Waals surface area contributed by atoms with Gasteiger partial charge in [-0.15, -0.1) is 0 Å². The van der Waals surface area contributed by atoms with Gasteiger partial charge < -0.3 is 42.3 Å². The maximum absolute atomic E-state index is 13.9. The van der Waals surface area contributed by atoms with E-state index in [2.05, 4.69) is 0 Å². The van der Waals surface area contributed by atoms with Gasteiger partial charge in [0.2, 0.25) is 12.4 Å². The molecule has 0 spiro atoms. The maximum Gasteiger partial charge on any atom is 0.383 e. The number of carbonyl (C=O) groups is 5. The maximum atomic E-state index is 13.9.